The molecule has 1 aliphatic heterocycles. The van der Waals surface area contributed by atoms with Crippen molar-refractivity contribution < 1.29 is 0 Å². The molecule has 2 aliphatic rings. The molecule has 0 fully saturated rings. The van der Waals surface area contributed by atoms with E-state index in [4.69, 9.17) is 0 Å². The first-order valence-corrected chi connectivity index (χ1v) is 4.49. The predicted octanol–water partition coefficient (Wildman–Crippen LogP) is 1.64. The summed E-state index contributed by atoms with van der Waals surface area (Å²) < 4.78 is 0. The van der Waals surface area contributed by atoms with Crippen molar-refractivity contribution in [1.82, 2.24) is 10.6 Å². The number of nitrogens with one attached hydrogen (secondary N) is 2. The van der Waals surface area contributed by atoms with Gasteiger partial charge >= 0.3 is 0 Å². The quantitative estimate of drug-likeness (QED) is 0.612. The van der Waals surface area contributed by atoms with Gasteiger partial charge < -0.3 is 10.6 Å². The topological polar surface area (TPSA) is 24.1 Å². The van der Waals surface area contributed by atoms with Crippen LogP contribution in [0.3, 0.4) is 0 Å². The zero-order valence-electron chi connectivity index (χ0n) is 7.30. The zero-order chi connectivity index (χ0) is 8.39. The highest BCUT2D eigenvalue weighted by Gasteiger charge is 2.18. The van der Waals surface area contributed by atoms with Gasteiger partial charge in [0.05, 0.1) is 11.9 Å². The highest BCUT2D eigenvalue weighted by atomic mass is 15.2. The standard InChI is InChI=1S/C10H14N2/c1-2-10-11-8-6-4-3-5-7-9(8)12-10/h3-6,10-12H,2,7H2,1H3. The van der Waals surface area contributed by atoms with Gasteiger partial charge in [0.2, 0.25) is 0 Å². The van der Waals surface area contributed by atoms with Gasteiger partial charge in [0.15, 0.2) is 0 Å². The fourth-order valence-corrected chi connectivity index (χ4v) is 1.54. The molecule has 2 heteroatoms. The molecular formula is C10H14N2. The Morgan fingerprint density at radius 3 is 3.17 bits per heavy atom. The minimum atomic E-state index is 0.436. The van der Waals surface area contributed by atoms with E-state index < -0.39 is 0 Å². The Labute approximate surface area is 73.0 Å². The minimum absolute atomic E-state index is 0.436. The van der Waals surface area contributed by atoms with E-state index in [1.54, 1.807) is 0 Å². The van der Waals surface area contributed by atoms with Crippen LogP contribution in [0.5, 0.6) is 0 Å². The summed E-state index contributed by atoms with van der Waals surface area (Å²) in [6.45, 7) is 2.18. The molecule has 0 aromatic rings. The van der Waals surface area contributed by atoms with Gasteiger partial charge in [-0.2, -0.15) is 0 Å². The lowest BCUT2D eigenvalue weighted by molar-refractivity contribution is 0.536. The zero-order valence-corrected chi connectivity index (χ0v) is 7.30. The minimum Gasteiger partial charge on any atom is -0.367 e. The molecule has 2 nitrogen and oxygen atoms in total. The van der Waals surface area contributed by atoms with Crippen LogP contribution in [0, 0.1) is 0 Å². The highest BCUT2D eigenvalue weighted by molar-refractivity contribution is 5.33. The molecule has 2 rings (SSSR count). The first-order chi connectivity index (χ1) is 5.90. The van der Waals surface area contributed by atoms with Crippen LogP contribution in [0.4, 0.5) is 0 Å². The van der Waals surface area contributed by atoms with E-state index in [9.17, 15) is 0 Å². The molecular weight excluding hydrogens is 148 g/mol. The van der Waals surface area contributed by atoms with Crippen LogP contribution in [0.25, 0.3) is 0 Å². The van der Waals surface area contributed by atoms with E-state index in [0.717, 1.165) is 12.8 Å². The second-order valence-electron chi connectivity index (χ2n) is 3.13. The molecule has 1 heterocycles. The average Bonchev–Trinajstić information content (AvgIpc) is 2.37. The second kappa shape index (κ2) is 3.05. The Morgan fingerprint density at radius 2 is 2.33 bits per heavy atom. The molecule has 64 valence electrons. The average molecular weight is 162 g/mol. The summed E-state index contributed by atoms with van der Waals surface area (Å²) in [6, 6.07) is 0. The third-order valence-corrected chi connectivity index (χ3v) is 2.24. The summed E-state index contributed by atoms with van der Waals surface area (Å²) in [6.07, 6.45) is 11.0. The largest absolute Gasteiger partial charge is 0.367 e. The first kappa shape index (κ1) is 7.47. The van der Waals surface area contributed by atoms with Gasteiger partial charge in [-0.05, 0) is 12.5 Å². The Bertz CT molecular complexity index is 261. The van der Waals surface area contributed by atoms with Crippen LogP contribution in [0.1, 0.15) is 19.8 Å². The lowest BCUT2D eigenvalue weighted by Crippen LogP contribution is -2.31. The van der Waals surface area contributed by atoms with E-state index in [1.165, 1.54) is 11.4 Å². The van der Waals surface area contributed by atoms with Crippen molar-refractivity contribution in [2.75, 3.05) is 0 Å². The second-order valence-corrected chi connectivity index (χ2v) is 3.13. The Hall–Kier alpha value is -1.18. The number of hydrogen-bond donors (Lipinski definition) is 2. The van der Waals surface area contributed by atoms with Crippen LogP contribution in [-0.4, -0.2) is 6.17 Å². The maximum Gasteiger partial charge on any atom is 0.0959 e. The first-order valence-electron chi connectivity index (χ1n) is 4.49. The maximum atomic E-state index is 3.45. The summed E-state index contributed by atoms with van der Waals surface area (Å²) in [5.41, 5.74) is 2.58. The Morgan fingerprint density at radius 1 is 1.42 bits per heavy atom. The normalized spacial score (nSPS) is 26.2. The summed E-state index contributed by atoms with van der Waals surface area (Å²) in [7, 11) is 0. The van der Waals surface area contributed by atoms with Gasteiger partial charge in [-0.15, -0.1) is 0 Å². The summed E-state index contributed by atoms with van der Waals surface area (Å²) in [5.74, 6) is 0. The van der Waals surface area contributed by atoms with E-state index in [1.807, 2.05) is 0 Å². The lowest BCUT2D eigenvalue weighted by Gasteiger charge is -2.10. The van der Waals surface area contributed by atoms with Crippen molar-refractivity contribution >= 4 is 0 Å². The summed E-state index contributed by atoms with van der Waals surface area (Å²) in [4.78, 5) is 0. The van der Waals surface area contributed by atoms with Gasteiger partial charge in [0, 0.05) is 12.1 Å². The number of rotatable bonds is 1. The van der Waals surface area contributed by atoms with Crippen molar-refractivity contribution in [3.63, 3.8) is 0 Å². The number of allylic oxidation sites excluding steroid dienone is 4. The SMILES string of the molecule is CCC1NC2=C(CC=CC=C2)N1. The van der Waals surface area contributed by atoms with Gasteiger partial charge in [0.25, 0.3) is 0 Å². The van der Waals surface area contributed by atoms with Gasteiger partial charge in [0.1, 0.15) is 0 Å². The van der Waals surface area contributed by atoms with Crippen molar-refractivity contribution in [2.45, 2.75) is 25.9 Å². The fourth-order valence-electron chi connectivity index (χ4n) is 1.54. The fraction of sp³-hybridized carbons (Fsp3) is 0.400. The molecule has 1 unspecified atom stereocenters. The Kier molecular flexibility index (Phi) is 1.90. The molecule has 0 saturated carbocycles. The third-order valence-electron chi connectivity index (χ3n) is 2.24. The molecule has 0 saturated heterocycles. The smallest absolute Gasteiger partial charge is 0.0959 e. The predicted molar refractivity (Wildman–Crippen MR) is 50.3 cm³/mol. The molecule has 1 aliphatic carbocycles. The lowest BCUT2D eigenvalue weighted by atomic mass is 10.3. The van der Waals surface area contributed by atoms with Crippen LogP contribution >= 0.6 is 0 Å². The van der Waals surface area contributed by atoms with Crippen LogP contribution < -0.4 is 10.6 Å². The molecule has 0 radical (unpaired) electrons. The number of hydrogen-bond acceptors (Lipinski definition) is 2. The monoisotopic (exact) mass is 162 g/mol. The molecule has 0 bridgehead atoms. The van der Waals surface area contributed by atoms with Crippen molar-refractivity contribution in [1.29, 1.82) is 0 Å². The maximum absolute atomic E-state index is 3.45. The van der Waals surface area contributed by atoms with E-state index >= 15 is 0 Å². The van der Waals surface area contributed by atoms with Gasteiger partial charge in [-0.3, -0.25) is 0 Å². The molecule has 12 heavy (non-hydrogen) atoms. The molecule has 1 atom stereocenters. The van der Waals surface area contributed by atoms with Crippen LogP contribution in [0.2, 0.25) is 0 Å². The van der Waals surface area contributed by atoms with Crippen LogP contribution in [0.15, 0.2) is 35.7 Å². The molecule has 0 amide bonds. The van der Waals surface area contributed by atoms with Crippen LogP contribution in [-0.2, 0) is 0 Å². The van der Waals surface area contributed by atoms with E-state index in [-0.39, 0.29) is 0 Å². The van der Waals surface area contributed by atoms with Crippen molar-refractivity contribution in [2.24, 2.45) is 0 Å². The van der Waals surface area contributed by atoms with Gasteiger partial charge in [-0.1, -0.05) is 25.2 Å². The van der Waals surface area contributed by atoms with E-state index in [2.05, 4.69) is 41.9 Å². The molecule has 0 spiro atoms. The molecule has 0 aromatic heterocycles. The van der Waals surface area contributed by atoms with Crippen molar-refractivity contribution in [3.8, 4) is 0 Å². The van der Waals surface area contributed by atoms with Gasteiger partial charge in [-0.25, -0.2) is 0 Å². The molecule has 0 aromatic carbocycles. The Balaban J connectivity index is 2.14. The molecule has 2 N–H and O–H groups in total. The van der Waals surface area contributed by atoms with E-state index in [0.29, 0.717) is 6.17 Å². The summed E-state index contributed by atoms with van der Waals surface area (Å²) >= 11 is 0. The third kappa shape index (κ3) is 1.24. The summed E-state index contributed by atoms with van der Waals surface area (Å²) in [5, 5.41) is 6.87. The highest BCUT2D eigenvalue weighted by Crippen LogP contribution is 2.16. The van der Waals surface area contributed by atoms with Crippen molar-refractivity contribution in [3.05, 3.63) is 35.7 Å².